The maximum atomic E-state index is 11.8. The van der Waals surface area contributed by atoms with Gasteiger partial charge >= 0.3 is 0 Å². The molecule has 0 radical (unpaired) electrons. The smallest absolute Gasteiger partial charge is 0.251 e. The van der Waals surface area contributed by atoms with Gasteiger partial charge in [0.25, 0.3) is 5.91 Å². The topological polar surface area (TPSA) is 149 Å². The number of likely N-dealkylation sites (tertiary alicyclic amines) is 1. The molecule has 1 amide bonds. The first-order valence-electron chi connectivity index (χ1n) is 14.8. The van der Waals surface area contributed by atoms with Crippen molar-refractivity contribution in [1.82, 2.24) is 24.8 Å². The molecule has 13 nitrogen and oxygen atoms in total. The third kappa shape index (κ3) is 6.37. The fourth-order valence-electron chi connectivity index (χ4n) is 5.58. The molecule has 3 aliphatic rings. The fraction of sp³-hybridized carbons (Fsp3) is 0.452. The Bertz CT molecular complexity index is 1530. The highest BCUT2D eigenvalue weighted by Crippen LogP contribution is 2.31. The number of hydrogen-bond acceptors (Lipinski definition) is 12. The van der Waals surface area contributed by atoms with E-state index < -0.39 is 6.10 Å². The van der Waals surface area contributed by atoms with Crippen LogP contribution in [0.1, 0.15) is 12.5 Å². The van der Waals surface area contributed by atoms with E-state index in [4.69, 9.17) is 14.2 Å². The molecule has 3 saturated heterocycles. The van der Waals surface area contributed by atoms with E-state index >= 15 is 0 Å². The molecule has 2 aromatic heterocycles. The van der Waals surface area contributed by atoms with Crippen LogP contribution in [0.25, 0.3) is 11.3 Å². The Labute approximate surface area is 256 Å². The molecular formula is C31H36N8O5. The number of piperazine rings is 1. The largest absolute Gasteiger partial charge is 0.492 e. The van der Waals surface area contributed by atoms with Gasteiger partial charge in [-0.3, -0.25) is 9.69 Å². The van der Waals surface area contributed by atoms with Crippen LogP contribution >= 0.6 is 0 Å². The summed E-state index contributed by atoms with van der Waals surface area (Å²) in [5, 5.41) is 22.4. The van der Waals surface area contributed by atoms with Gasteiger partial charge in [-0.15, -0.1) is 0 Å². The van der Waals surface area contributed by atoms with Gasteiger partial charge in [-0.2, -0.15) is 10.2 Å². The molecule has 3 aromatic rings. The summed E-state index contributed by atoms with van der Waals surface area (Å²) in [7, 11) is 1.62. The van der Waals surface area contributed by atoms with Crippen molar-refractivity contribution in [3.8, 4) is 29.0 Å². The number of aliphatic hydroxyl groups is 1. The van der Waals surface area contributed by atoms with Gasteiger partial charge < -0.3 is 34.4 Å². The van der Waals surface area contributed by atoms with E-state index in [1.807, 2.05) is 18.2 Å². The number of aromatic nitrogens is 3. The first kappa shape index (κ1) is 29.6. The number of methoxy groups -OCH3 is 1. The average Bonchev–Trinajstić information content (AvgIpc) is 2.99. The molecule has 0 aliphatic carbocycles. The number of carbonyl (C=O) groups is 1. The number of carbonyl (C=O) groups excluding carboxylic acids is 1. The number of rotatable bonds is 10. The lowest BCUT2D eigenvalue weighted by Gasteiger charge is -2.43. The van der Waals surface area contributed by atoms with Crippen molar-refractivity contribution in [1.29, 1.82) is 5.26 Å². The Balaban J connectivity index is 1.08. The second-order valence-corrected chi connectivity index (χ2v) is 11.2. The predicted octanol–water partition coefficient (Wildman–Crippen LogP) is 1.90. The molecule has 44 heavy (non-hydrogen) atoms. The highest BCUT2D eigenvalue weighted by molar-refractivity contribution is 5.81. The van der Waals surface area contributed by atoms with Crippen LogP contribution in [0.15, 0.2) is 42.6 Å². The summed E-state index contributed by atoms with van der Waals surface area (Å²) >= 11 is 0. The zero-order chi connectivity index (χ0) is 30.6. The molecule has 3 fully saturated rings. The lowest BCUT2D eigenvalue weighted by molar-refractivity contribution is -0.146. The van der Waals surface area contributed by atoms with Gasteiger partial charge in [0.2, 0.25) is 11.8 Å². The van der Waals surface area contributed by atoms with Gasteiger partial charge in [0.15, 0.2) is 0 Å². The molecule has 2 N–H and O–H groups in total. The molecule has 0 bridgehead atoms. The van der Waals surface area contributed by atoms with Crippen molar-refractivity contribution in [3.05, 3.63) is 48.2 Å². The Morgan fingerprint density at radius 2 is 1.95 bits per heavy atom. The minimum absolute atomic E-state index is 0.151. The van der Waals surface area contributed by atoms with Crippen molar-refractivity contribution in [3.63, 3.8) is 0 Å². The minimum atomic E-state index is -1.00. The van der Waals surface area contributed by atoms with Gasteiger partial charge in [-0.25, -0.2) is 9.97 Å². The number of anilines is 3. The van der Waals surface area contributed by atoms with E-state index in [0.29, 0.717) is 60.4 Å². The zero-order valence-electron chi connectivity index (χ0n) is 24.8. The molecule has 0 spiro atoms. The van der Waals surface area contributed by atoms with E-state index in [1.165, 1.54) is 6.92 Å². The van der Waals surface area contributed by atoms with Crippen molar-refractivity contribution in [2.75, 3.05) is 76.4 Å². The van der Waals surface area contributed by atoms with Gasteiger partial charge in [0.1, 0.15) is 29.4 Å². The highest BCUT2D eigenvalue weighted by atomic mass is 16.5. The van der Waals surface area contributed by atoms with Crippen LogP contribution in [0, 0.1) is 17.2 Å². The van der Waals surface area contributed by atoms with Gasteiger partial charge in [0.05, 0.1) is 44.2 Å². The number of amides is 1. The Morgan fingerprint density at radius 1 is 1.16 bits per heavy atom. The number of nitrogens with one attached hydrogen (secondary N) is 1. The van der Waals surface area contributed by atoms with Crippen LogP contribution in [0.5, 0.6) is 11.6 Å². The Kier molecular flexibility index (Phi) is 8.74. The monoisotopic (exact) mass is 600 g/mol. The number of aliphatic hydroxyl groups excluding tert-OH is 1. The lowest BCUT2D eigenvalue weighted by Crippen LogP contribution is -2.56. The summed E-state index contributed by atoms with van der Waals surface area (Å²) in [6.45, 7) is 8.28. The first-order valence-corrected chi connectivity index (χ1v) is 14.8. The third-order valence-corrected chi connectivity index (χ3v) is 8.22. The van der Waals surface area contributed by atoms with Crippen LogP contribution in [0.4, 0.5) is 17.5 Å². The van der Waals surface area contributed by atoms with Gasteiger partial charge in [0, 0.05) is 56.9 Å². The predicted molar refractivity (Wildman–Crippen MR) is 162 cm³/mol. The normalized spacial score (nSPS) is 18.1. The standard InChI is InChI=1S/C31H36N8O5/c1-20(40)30(41)39-15-21(16-39)17-44-27-5-3-22(13-23(27)14-32)25-7-8-33-31(34-25)36-28-6-4-26(29(35-28)42-2)38-11-9-37(10-12-38)24-18-43-19-24/h3-8,13,20-21,24,40H,9-12,15-19H2,1-2H3,(H,33,34,35,36)/t20-/m1/s1. The summed E-state index contributed by atoms with van der Waals surface area (Å²) in [6, 6.07) is 13.7. The Hall–Kier alpha value is -4.51. The van der Waals surface area contributed by atoms with Gasteiger partial charge in [-0.1, -0.05) is 0 Å². The molecule has 0 unspecified atom stereocenters. The van der Waals surface area contributed by atoms with E-state index in [2.05, 4.69) is 36.1 Å². The minimum Gasteiger partial charge on any atom is -0.492 e. The van der Waals surface area contributed by atoms with Crippen LogP contribution in [-0.2, 0) is 9.53 Å². The second kappa shape index (κ2) is 13.0. The van der Waals surface area contributed by atoms with Crippen LogP contribution in [0.2, 0.25) is 0 Å². The van der Waals surface area contributed by atoms with Crippen molar-refractivity contribution in [2.24, 2.45) is 5.92 Å². The first-order chi connectivity index (χ1) is 21.4. The average molecular weight is 601 g/mol. The van der Waals surface area contributed by atoms with Crippen molar-refractivity contribution < 1.29 is 24.1 Å². The summed E-state index contributed by atoms with van der Waals surface area (Å²) in [4.78, 5) is 31.9. The second-order valence-electron chi connectivity index (χ2n) is 11.2. The summed E-state index contributed by atoms with van der Waals surface area (Å²) in [6.07, 6.45) is 0.645. The molecule has 230 valence electrons. The van der Waals surface area contributed by atoms with E-state index in [-0.39, 0.29) is 11.8 Å². The van der Waals surface area contributed by atoms with E-state index in [0.717, 1.165) is 50.6 Å². The molecule has 6 rings (SSSR count). The molecule has 3 aliphatic heterocycles. The SMILES string of the molecule is COc1nc(Nc2nccc(-c3ccc(OCC4CN(C(=O)[C@@H](C)O)C4)c(C#N)c3)n2)ccc1N1CCN(C2COC2)CC1. The molecule has 13 heteroatoms. The van der Waals surface area contributed by atoms with Gasteiger partial charge in [-0.05, 0) is 43.3 Å². The molecule has 0 saturated carbocycles. The van der Waals surface area contributed by atoms with Crippen LogP contribution in [0.3, 0.4) is 0 Å². The van der Waals surface area contributed by atoms with Crippen molar-refractivity contribution in [2.45, 2.75) is 19.1 Å². The van der Waals surface area contributed by atoms with Crippen LogP contribution in [-0.4, -0.2) is 114 Å². The summed E-state index contributed by atoms with van der Waals surface area (Å²) in [5.74, 6) is 1.79. The molecule has 5 heterocycles. The number of nitriles is 1. The highest BCUT2D eigenvalue weighted by Gasteiger charge is 2.33. The number of hydrogen-bond donors (Lipinski definition) is 2. The fourth-order valence-corrected chi connectivity index (χ4v) is 5.58. The van der Waals surface area contributed by atoms with Crippen molar-refractivity contribution >= 4 is 23.4 Å². The molecular weight excluding hydrogens is 564 g/mol. The van der Waals surface area contributed by atoms with E-state index in [9.17, 15) is 15.2 Å². The quantitative estimate of drug-likeness (QED) is 0.350. The number of benzene rings is 1. The third-order valence-electron chi connectivity index (χ3n) is 8.22. The Morgan fingerprint density at radius 3 is 2.64 bits per heavy atom. The number of pyridine rings is 1. The number of ether oxygens (including phenoxy) is 3. The number of nitrogens with zero attached hydrogens (tertiary/aromatic N) is 7. The molecule has 1 atom stereocenters. The maximum Gasteiger partial charge on any atom is 0.251 e. The summed E-state index contributed by atoms with van der Waals surface area (Å²) in [5.41, 5.74) is 2.71. The van der Waals surface area contributed by atoms with Crippen LogP contribution < -0.4 is 19.7 Å². The van der Waals surface area contributed by atoms with E-state index in [1.54, 1.807) is 36.4 Å². The molecule has 1 aromatic carbocycles. The zero-order valence-corrected chi connectivity index (χ0v) is 24.8. The maximum absolute atomic E-state index is 11.8. The summed E-state index contributed by atoms with van der Waals surface area (Å²) < 4.78 is 16.9. The lowest BCUT2D eigenvalue weighted by atomic mass is 10.0.